The minimum absolute atomic E-state index is 0.0250. The fourth-order valence-corrected chi connectivity index (χ4v) is 2.05. The number of hydrogen-bond acceptors (Lipinski definition) is 3. The van der Waals surface area contributed by atoms with Crippen molar-refractivity contribution in [3.63, 3.8) is 0 Å². The Bertz CT molecular complexity index is 303. The van der Waals surface area contributed by atoms with Gasteiger partial charge in [-0.1, -0.05) is 20.3 Å². The van der Waals surface area contributed by atoms with Gasteiger partial charge in [0.15, 0.2) is 0 Å². The Morgan fingerprint density at radius 1 is 1.12 bits per heavy atom. The van der Waals surface area contributed by atoms with Crippen molar-refractivity contribution in [2.75, 3.05) is 14.1 Å². The first-order valence-electron chi connectivity index (χ1n) is 5.50. The predicted molar refractivity (Wildman–Crippen MR) is 58.5 cm³/mol. The summed E-state index contributed by atoms with van der Waals surface area (Å²) in [7, 11) is 2.83. The average molecular weight is 226 g/mol. The molecular formula is C11H18N2O3. The molecule has 5 heteroatoms. The van der Waals surface area contributed by atoms with Crippen molar-refractivity contribution in [3.05, 3.63) is 0 Å². The molecule has 1 rings (SSSR count). The van der Waals surface area contributed by atoms with Crippen molar-refractivity contribution in [2.24, 2.45) is 11.8 Å². The van der Waals surface area contributed by atoms with Gasteiger partial charge in [0.05, 0.1) is 0 Å². The number of imide groups is 2. The summed E-state index contributed by atoms with van der Waals surface area (Å²) in [5.41, 5.74) is 0. The van der Waals surface area contributed by atoms with Gasteiger partial charge in [0.1, 0.15) is 5.92 Å². The molecule has 0 spiro atoms. The third-order valence-electron chi connectivity index (χ3n) is 3.08. The maximum Gasteiger partial charge on any atom is 0.332 e. The number of urea groups is 1. The lowest BCUT2D eigenvalue weighted by Gasteiger charge is -2.35. The average Bonchev–Trinajstić information content (AvgIpc) is 2.24. The molecule has 0 aliphatic carbocycles. The van der Waals surface area contributed by atoms with Crippen LogP contribution in [0.25, 0.3) is 0 Å². The van der Waals surface area contributed by atoms with Gasteiger partial charge in [-0.3, -0.25) is 19.4 Å². The molecule has 0 saturated carbocycles. The lowest BCUT2D eigenvalue weighted by Crippen LogP contribution is -2.58. The number of rotatable bonds is 3. The summed E-state index contributed by atoms with van der Waals surface area (Å²) in [6.45, 7) is 3.88. The third-order valence-corrected chi connectivity index (χ3v) is 3.08. The third kappa shape index (κ3) is 1.94. The van der Waals surface area contributed by atoms with Crippen molar-refractivity contribution in [1.29, 1.82) is 0 Å². The van der Waals surface area contributed by atoms with Crippen LogP contribution in [0.1, 0.15) is 26.7 Å². The molecule has 0 aromatic carbocycles. The van der Waals surface area contributed by atoms with Gasteiger partial charge >= 0.3 is 6.03 Å². The SMILES string of the molecule is CCC[C@@H](C)C1C(=O)N(C)C(=O)N(C)C1=O. The van der Waals surface area contributed by atoms with E-state index in [1.165, 1.54) is 14.1 Å². The highest BCUT2D eigenvalue weighted by molar-refractivity contribution is 6.15. The minimum Gasteiger partial charge on any atom is -0.273 e. The van der Waals surface area contributed by atoms with Crippen LogP contribution in [-0.4, -0.2) is 41.7 Å². The first-order valence-corrected chi connectivity index (χ1v) is 5.50. The smallest absolute Gasteiger partial charge is 0.273 e. The van der Waals surface area contributed by atoms with Gasteiger partial charge in [-0.25, -0.2) is 4.79 Å². The van der Waals surface area contributed by atoms with Crippen molar-refractivity contribution in [3.8, 4) is 0 Å². The van der Waals surface area contributed by atoms with Crippen LogP contribution >= 0.6 is 0 Å². The summed E-state index contributed by atoms with van der Waals surface area (Å²) in [5, 5.41) is 0. The first kappa shape index (κ1) is 12.7. The largest absolute Gasteiger partial charge is 0.332 e. The molecule has 0 N–H and O–H groups in total. The Morgan fingerprint density at radius 2 is 1.56 bits per heavy atom. The van der Waals surface area contributed by atoms with E-state index in [1.807, 2.05) is 13.8 Å². The molecule has 0 aromatic rings. The van der Waals surface area contributed by atoms with E-state index in [4.69, 9.17) is 0 Å². The number of hydrogen-bond donors (Lipinski definition) is 0. The fourth-order valence-electron chi connectivity index (χ4n) is 2.05. The second-order valence-corrected chi connectivity index (χ2v) is 4.32. The zero-order chi connectivity index (χ0) is 12.5. The molecule has 0 aromatic heterocycles. The van der Waals surface area contributed by atoms with Crippen LogP contribution in [0.15, 0.2) is 0 Å². The molecule has 5 nitrogen and oxygen atoms in total. The zero-order valence-electron chi connectivity index (χ0n) is 10.2. The monoisotopic (exact) mass is 226 g/mol. The molecule has 1 aliphatic heterocycles. The van der Waals surface area contributed by atoms with Gasteiger partial charge in [0.2, 0.25) is 11.8 Å². The molecule has 1 fully saturated rings. The van der Waals surface area contributed by atoms with Crippen LogP contribution in [0.4, 0.5) is 4.79 Å². The number of amides is 4. The second-order valence-electron chi connectivity index (χ2n) is 4.32. The molecule has 16 heavy (non-hydrogen) atoms. The standard InChI is InChI=1S/C11H18N2O3/c1-5-6-7(2)8-9(14)12(3)11(16)13(4)10(8)15/h7-8H,5-6H2,1-4H3/t7-/m1/s1. The quantitative estimate of drug-likeness (QED) is 0.677. The van der Waals surface area contributed by atoms with E-state index >= 15 is 0 Å². The summed E-state index contributed by atoms with van der Waals surface area (Å²) in [4.78, 5) is 37.3. The van der Waals surface area contributed by atoms with Gasteiger partial charge < -0.3 is 0 Å². The number of carbonyl (C=O) groups excluding carboxylic acids is 3. The lowest BCUT2D eigenvalue weighted by atomic mass is 9.87. The van der Waals surface area contributed by atoms with Gasteiger partial charge in [-0.2, -0.15) is 0 Å². The highest BCUT2D eigenvalue weighted by atomic mass is 16.2. The van der Waals surface area contributed by atoms with E-state index in [0.29, 0.717) is 0 Å². The molecular weight excluding hydrogens is 208 g/mol. The van der Waals surface area contributed by atoms with Gasteiger partial charge in [0, 0.05) is 14.1 Å². The van der Waals surface area contributed by atoms with E-state index in [1.54, 1.807) is 0 Å². The molecule has 4 amide bonds. The Hall–Kier alpha value is -1.39. The van der Waals surface area contributed by atoms with Crippen LogP contribution in [0, 0.1) is 11.8 Å². The highest BCUT2D eigenvalue weighted by Crippen LogP contribution is 2.25. The van der Waals surface area contributed by atoms with Gasteiger partial charge in [-0.15, -0.1) is 0 Å². The second kappa shape index (κ2) is 4.63. The van der Waals surface area contributed by atoms with Gasteiger partial charge in [-0.05, 0) is 12.3 Å². The van der Waals surface area contributed by atoms with Crippen molar-refractivity contribution < 1.29 is 14.4 Å². The fraction of sp³-hybridized carbons (Fsp3) is 0.727. The molecule has 0 bridgehead atoms. The van der Waals surface area contributed by atoms with Crippen molar-refractivity contribution in [1.82, 2.24) is 9.80 Å². The number of nitrogens with zero attached hydrogens (tertiary/aromatic N) is 2. The summed E-state index contributed by atoms with van der Waals surface area (Å²) in [5.74, 6) is -1.49. The molecule has 1 aliphatic rings. The van der Waals surface area contributed by atoms with Gasteiger partial charge in [0.25, 0.3) is 0 Å². The Kier molecular flexibility index (Phi) is 3.67. The molecule has 1 heterocycles. The maximum absolute atomic E-state index is 11.9. The van der Waals surface area contributed by atoms with E-state index < -0.39 is 11.9 Å². The van der Waals surface area contributed by atoms with E-state index in [2.05, 4.69) is 0 Å². The van der Waals surface area contributed by atoms with Crippen LogP contribution in [0.3, 0.4) is 0 Å². The Labute approximate surface area is 95.4 Å². The summed E-state index contributed by atoms with van der Waals surface area (Å²) >= 11 is 0. The van der Waals surface area contributed by atoms with Crippen molar-refractivity contribution in [2.45, 2.75) is 26.7 Å². The Morgan fingerprint density at radius 3 is 1.94 bits per heavy atom. The first-order chi connectivity index (χ1) is 7.41. The summed E-state index contributed by atoms with van der Waals surface area (Å²) in [6.07, 6.45) is 1.72. The minimum atomic E-state index is -0.701. The van der Waals surface area contributed by atoms with E-state index in [0.717, 1.165) is 22.6 Å². The van der Waals surface area contributed by atoms with Crippen LogP contribution in [0.5, 0.6) is 0 Å². The molecule has 1 atom stereocenters. The molecule has 1 saturated heterocycles. The van der Waals surface area contributed by atoms with E-state index in [9.17, 15) is 14.4 Å². The molecule has 0 radical (unpaired) electrons. The Balaban J connectivity index is 2.95. The lowest BCUT2D eigenvalue weighted by molar-refractivity contribution is -0.150. The van der Waals surface area contributed by atoms with Crippen LogP contribution in [-0.2, 0) is 9.59 Å². The summed E-state index contributed by atoms with van der Waals surface area (Å²) in [6, 6.07) is -0.546. The van der Waals surface area contributed by atoms with E-state index in [-0.39, 0.29) is 17.7 Å². The van der Waals surface area contributed by atoms with Crippen LogP contribution in [0.2, 0.25) is 0 Å². The van der Waals surface area contributed by atoms with Crippen LogP contribution < -0.4 is 0 Å². The maximum atomic E-state index is 11.9. The highest BCUT2D eigenvalue weighted by Gasteiger charge is 2.44. The topological polar surface area (TPSA) is 57.7 Å². The number of carbonyl (C=O) groups is 3. The normalized spacial score (nSPS) is 20.6. The zero-order valence-corrected chi connectivity index (χ0v) is 10.2. The molecule has 0 unspecified atom stereocenters. The summed E-state index contributed by atoms with van der Waals surface area (Å²) < 4.78 is 0. The molecule has 90 valence electrons. The van der Waals surface area contributed by atoms with Crippen molar-refractivity contribution >= 4 is 17.8 Å². The predicted octanol–water partition coefficient (Wildman–Crippen LogP) is 1.09. The number of barbiturate groups is 1.